The van der Waals surface area contributed by atoms with Crippen LogP contribution in [0.5, 0.6) is 0 Å². The van der Waals surface area contributed by atoms with Gasteiger partial charge in [0.1, 0.15) is 0 Å². The highest BCUT2D eigenvalue weighted by Crippen LogP contribution is 2.20. The summed E-state index contributed by atoms with van der Waals surface area (Å²) in [6.07, 6.45) is 2.84. The van der Waals surface area contributed by atoms with Crippen molar-refractivity contribution in [1.82, 2.24) is 25.2 Å². The summed E-state index contributed by atoms with van der Waals surface area (Å²) in [5, 5.41) is 11.4. The number of amides is 1. The highest BCUT2D eigenvalue weighted by atomic mass is 16.5. The molecule has 150 valence electrons. The molecule has 0 fully saturated rings. The zero-order valence-electron chi connectivity index (χ0n) is 16.5. The van der Waals surface area contributed by atoms with Crippen molar-refractivity contribution in [3.05, 3.63) is 63.4 Å². The van der Waals surface area contributed by atoms with Crippen molar-refractivity contribution in [2.75, 3.05) is 0 Å². The first-order chi connectivity index (χ1) is 14.0. The summed E-state index contributed by atoms with van der Waals surface area (Å²) < 4.78 is 6.65. The molecule has 1 aliphatic carbocycles. The van der Waals surface area contributed by atoms with Crippen LogP contribution in [0.3, 0.4) is 0 Å². The van der Waals surface area contributed by atoms with E-state index in [1.165, 1.54) is 4.68 Å². The number of nitrogens with zero attached hydrogens (tertiary/aromatic N) is 4. The van der Waals surface area contributed by atoms with Crippen molar-refractivity contribution in [3.8, 4) is 11.4 Å². The molecule has 8 nitrogen and oxygen atoms in total. The standard InChI is InChI=1S/C21H23N5O3/c1-13-5-3-4-6-16(13)21-23-19(29-25-21)10-9-18(27)22-15-7-8-17-14(11-15)12-20(28)26(2)24-17/h3-6,12,15H,7-11H2,1-2H3,(H,22,27)/t15-/m1/s1. The monoisotopic (exact) mass is 393 g/mol. The first kappa shape index (κ1) is 19.0. The molecule has 1 amide bonds. The lowest BCUT2D eigenvalue weighted by atomic mass is 9.92. The lowest BCUT2D eigenvalue weighted by Crippen LogP contribution is -2.40. The number of benzene rings is 1. The van der Waals surface area contributed by atoms with Gasteiger partial charge in [0.2, 0.25) is 17.6 Å². The molecule has 0 saturated heterocycles. The maximum Gasteiger partial charge on any atom is 0.266 e. The van der Waals surface area contributed by atoms with Crippen LogP contribution < -0.4 is 10.9 Å². The summed E-state index contributed by atoms with van der Waals surface area (Å²) in [5.41, 5.74) is 3.72. The van der Waals surface area contributed by atoms with Crippen molar-refractivity contribution < 1.29 is 9.32 Å². The predicted octanol–water partition coefficient (Wildman–Crippen LogP) is 1.75. The second-order valence-electron chi connectivity index (χ2n) is 7.41. The number of fused-ring (bicyclic) bond motifs is 1. The van der Waals surface area contributed by atoms with Crippen LogP contribution >= 0.6 is 0 Å². The number of aromatic nitrogens is 4. The maximum atomic E-state index is 12.4. The second kappa shape index (κ2) is 7.98. The lowest BCUT2D eigenvalue weighted by molar-refractivity contribution is -0.121. The normalized spacial score (nSPS) is 15.7. The molecule has 1 aromatic carbocycles. The summed E-state index contributed by atoms with van der Waals surface area (Å²) in [7, 11) is 1.65. The molecule has 1 aliphatic rings. The van der Waals surface area contributed by atoms with Gasteiger partial charge < -0.3 is 9.84 Å². The second-order valence-corrected chi connectivity index (χ2v) is 7.41. The predicted molar refractivity (Wildman–Crippen MR) is 106 cm³/mol. The zero-order chi connectivity index (χ0) is 20.4. The van der Waals surface area contributed by atoms with Crippen LogP contribution in [0.25, 0.3) is 11.4 Å². The van der Waals surface area contributed by atoms with E-state index in [9.17, 15) is 9.59 Å². The molecular weight excluding hydrogens is 370 g/mol. The van der Waals surface area contributed by atoms with Gasteiger partial charge in [-0.1, -0.05) is 29.4 Å². The summed E-state index contributed by atoms with van der Waals surface area (Å²) >= 11 is 0. The molecule has 29 heavy (non-hydrogen) atoms. The van der Waals surface area contributed by atoms with Gasteiger partial charge >= 0.3 is 0 Å². The molecule has 3 aromatic rings. The molecule has 1 atom stereocenters. The van der Waals surface area contributed by atoms with Crippen LogP contribution in [0, 0.1) is 6.92 Å². The summed E-state index contributed by atoms with van der Waals surface area (Å²) in [5.74, 6) is 0.919. The third kappa shape index (κ3) is 4.26. The third-order valence-electron chi connectivity index (χ3n) is 5.24. The number of nitrogens with one attached hydrogen (secondary N) is 1. The van der Waals surface area contributed by atoms with Crippen molar-refractivity contribution in [1.29, 1.82) is 0 Å². The van der Waals surface area contributed by atoms with Gasteiger partial charge in [-0.25, -0.2) is 4.68 Å². The smallest absolute Gasteiger partial charge is 0.266 e. The summed E-state index contributed by atoms with van der Waals surface area (Å²) in [4.78, 5) is 28.6. The quantitative estimate of drug-likeness (QED) is 0.708. The summed E-state index contributed by atoms with van der Waals surface area (Å²) in [6.45, 7) is 1.99. The van der Waals surface area contributed by atoms with Gasteiger partial charge in [-0.2, -0.15) is 10.1 Å². The number of hydrogen-bond acceptors (Lipinski definition) is 6. The average Bonchev–Trinajstić information content (AvgIpc) is 3.17. The van der Waals surface area contributed by atoms with Gasteiger partial charge in [-0.05, 0) is 37.3 Å². The summed E-state index contributed by atoms with van der Waals surface area (Å²) in [6, 6.07) is 9.45. The van der Waals surface area contributed by atoms with E-state index in [4.69, 9.17) is 4.52 Å². The SMILES string of the molecule is Cc1ccccc1-c1noc(CCC(=O)N[C@@H]2CCc3nn(C)c(=O)cc3C2)n1. The average molecular weight is 393 g/mol. The molecule has 0 aliphatic heterocycles. The minimum Gasteiger partial charge on any atom is -0.353 e. The van der Waals surface area contributed by atoms with Gasteiger partial charge in [0.15, 0.2) is 0 Å². The van der Waals surface area contributed by atoms with Crippen LogP contribution in [0.15, 0.2) is 39.6 Å². The minimum absolute atomic E-state index is 0.00845. The number of hydrogen-bond donors (Lipinski definition) is 1. The van der Waals surface area contributed by atoms with Crippen LogP contribution in [0.1, 0.15) is 35.6 Å². The van der Waals surface area contributed by atoms with E-state index in [1.807, 2.05) is 31.2 Å². The van der Waals surface area contributed by atoms with E-state index in [-0.39, 0.29) is 23.9 Å². The van der Waals surface area contributed by atoms with Gasteiger partial charge in [0.25, 0.3) is 5.56 Å². The fourth-order valence-electron chi connectivity index (χ4n) is 3.62. The Kier molecular flexibility index (Phi) is 5.24. The molecule has 8 heteroatoms. The van der Waals surface area contributed by atoms with Gasteiger partial charge in [-0.15, -0.1) is 0 Å². The van der Waals surface area contributed by atoms with Crippen molar-refractivity contribution in [2.45, 2.75) is 45.1 Å². The molecule has 4 rings (SSSR count). The highest BCUT2D eigenvalue weighted by molar-refractivity contribution is 5.76. The van der Waals surface area contributed by atoms with E-state index in [1.54, 1.807) is 13.1 Å². The molecule has 0 spiro atoms. The number of rotatable bonds is 5. The molecule has 0 unspecified atom stereocenters. The Morgan fingerprint density at radius 1 is 1.34 bits per heavy atom. The van der Waals surface area contributed by atoms with Crippen LogP contribution in [0.2, 0.25) is 0 Å². The topological polar surface area (TPSA) is 103 Å². The van der Waals surface area contributed by atoms with E-state index in [0.717, 1.165) is 35.2 Å². The number of carbonyl (C=O) groups excluding carboxylic acids is 1. The Morgan fingerprint density at radius 3 is 3.00 bits per heavy atom. The van der Waals surface area contributed by atoms with Crippen molar-refractivity contribution >= 4 is 5.91 Å². The Bertz CT molecular complexity index is 1100. The fourth-order valence-corrected chi connectivity index (χ4v) is 3.62. The van der Waals surface area contributed by atoms with Crippen LogP contribution in [0.4, 0.5) is 0 Å². The third-order valence-corrected chi connectivity index (χ3v) is 5.24. The molecule has 0 radical (unpaired) electrons. The molecule has 2 heterocycles. The van der Waals surface area contributed by atoms with E-state index < -0.39 is 0 Å². The van der Waals surface area contributed by atoms with Gasteiger partial charge in [0.05, 0.1) is 5.69 Å². The number of aryl methyl sites for hydroxylation is 4. The van der Waals surface area contributed by atoms with E-state index in [2.05, 4.69) is 20.6 Å². The Morgan fingerprint density at radius 2 is 2.17 bits per heavy atom. The lowest BCUT2D eigenvalue weighted by Gasteiger charge is -2.24. The highest BCUT2D eigenvalue weighted by Gasteiger charge is 2.22. The minimum atomic E-state index is -0.128. The fraction of sp³-hybridized carbons (Fsp3) is 0.381. The number of carbonyl (C=O) groups is 1. The van der Waals surface area contributed by atoms with Crippen LogP contribution in [-0.2, 0) is 31.1 Å². The Balaban J connectivity index is 1.32. The van der Waals surface area contributed by atoms with Crippen molar-refractivity contribution in [3.63, 3.8) is 0 Å². The van der Waals surface area contributed by atoms with Gasteiger partial charge in [0, 0.05) is 37.6 Å². The maximum absolute atomic E-state index is 12.4. The molecule has 2 aromatic heterocycles. The molecule has 0 saturated carbocycles. The van der Waals surface area contributed by atoms with E-state index >= 15 is 0 Å². The molecular formula is C21H23N5O3. The first-order valence-electron chi connectivity index (χ1n) is 9.73. The Hall–Kier alpha value is -3.29. The van der Waals surface area contributed by atoms with Gasteiger partial charge in [-0.3, -0.25) is 9.59 Å². The largest absolute Gasteiger partial charge is 0.353 e. The van der Waals surface area contributed by atoms with E-state index in [0.29, 0.717) is 24.6 Å². The first-order valence-corrected chi connectivity index (χ1v) is 9.73. The van der Waals surface area contributed by atoms with Crippen LogP contribution in [-0.4, -0.2) is 31.9 Å². The Labute approximate surface area is 167 Å². The van der Waals surface area contributed by atoms with Crippen molar-refractivity contribution in [2.24, 2.45) is 7.05 Å². The zero-order valence-corrected chi connectivity index (χ0v) is 16.5. The molecule has 0 bridgehead atoms. The molecule has 1 N–H and O–H groups in total.